The summed E-state index contributed by atoms with van der Waals surface area (Å²) in [5.41, 5.74) is 2.70. The van der Waals surface area contributed by atoms with E-state index in [1.54, 1.807) is 12.1 Å². The lowest BCUT2D eigenvalue weighted by Gasteiger charge is -2.38. The number of carbonyl (C=O) groups excluding carboxylic acids is 1. The van der Waals surface area contributed by atoms with Crippen LogP contribution in [-0.2, 0) is 16.4 Å². The van der Waals surface area contributed by atoms with Gasteiger partial charge in [-0.05, 0) is 67.4 Å². The molecule has 0 spiro atoms. The zero-order chi connectivity index (χ0) is 19.1. The molecule has 0 aromatic heterocycles. The Bertz CT molecular complexity index is 788. The third-order valence-electron chi connectivity index (χ3n) is 5.83. The van der Waals surface area contributed by atoms with Crippen LogP contribution in [0.15, 0.2) is 18.2 Å². The Kier molecular flexibility index (Phi) is 5.19. The van der Waals surface area contributed by atoms with Crippen LogP contribution in [-0.4, -0.2) is 51.5 Å². The number of hydrogen-bond donors (Lipinski definition) is 0. The smallest absolute Gasteiger partial charge is 0.232 e. The molecule has 6 heteroatoms. The van der Waals surface area contributed by atoms with Crippen molar-refractivity contribution in [3.8, 4) is 0 Å². The third-order valence-corrected chi connectivity index (χ3v) is 7.01. The minimum atomic E-state index is -3.25. The molecule has 0 amide bonds. The van der Waals surface area contributed by atoms with Crippen LogP contribution in [0.4, 0.5) is 5.69 Å². The fourth-order valence-corrected chi connectivity index (χ4v) is 5.10. The van der Waals surface area contributed by atoms with Crippen molar-refractivity contribution in [2.45, 2.75) is 40.0 Å². The number of carbonyl (C=O) groups is 1. The third kappa shape index (κ3) is 4.12. The number of ketones is 1. The molecular formula is C20H30N2O3S. The highest BCUT2D eigenvalue weighted by Gasteiger charge is 2.30. The summed E-state index contributed by atoms with van der Waals surface area (Å²) >= 11 is 0. The number of benzene rings is 1. The van der Waals surface area contributed by atoms with Gasteiger partial charge in [0.2, 0.25) is 10.0 Å². The van der Waals surface area contributed by atoms with E-state index in [-0.39, 0.29) is 5.78 Å². The SMILES string of the molecule is CC(C)(C)C1CCN(CC(=O)c2ccc3c(c2)CCN3S(C)(=O)=O)CC1. The lowest BCUT2D eigenvalue weighted by atomic mass is 9.75. The van der Waals surface area contributed by atoms with Crippen LogP contribution in [0, 0.1) is 11.3 Å². The Hall–Kier alpha value is -1.40. The monoisotopic (exact) mass is 378 g/mol. The highest BCUT2D eigenvalue weighted by molar-refractivity contribution is 7.92. The van der Waals surface area contributed by atoms with Crippen LogP contribution < -0.4 is 4.31 Å². The summed E-state index contributed by atoms with van der Waals surface area (Å²) < 4.78 is 25.1. The molecule has 1 aromatic rings. The van der Waals surface area contributed by atoms with E-state index in [1.165, 1.54) is 10.6 Å². The van der Waals surface area contributed by atoms with Gasteiger partial charge in [-0.2, -0.15) is 0 Å². The number of sulfonamides is 1. The zero-order valence-electron chi connectivity index (χ0n) is 16.3. The Morgan fingerprint density at radius 1 is 1.15 bits per heavy atom. The molecule has 26 heavy (non-hydrogen) atoms. The average Bonchev–Trinajstić information content (AvgIpc) is 2.97. The van der Waals surface area contributed by atoms with E-state index in [0.717, 1.165) is 43.1 Å². The van der Waals surface area contributed by atoms with Gasteiger partial charge in [0.25, 0.3) is 0 Å². The van der Waals surface area contributed by atoms with Gasteiger partial charge in [0.15, 0.2) is 5.78 Å². The molecule has 2 heterocycles. The minimum Gasteiger partial charge on any atom is -0.296 e. The average molecular weight is 379 g/mol. The topological polar surface area (TPSA) is 57.7 Å². The second-order valence-corrected chi connectivity index (χ2v) is 10.7. The minimum absolute atomic E-state index is 0.125. The maximum absolute atomic E-state index is 12.7. The van der Waals surface area contributed by atoms with E-state index in [4.69, 9.17) is 0 Å². The molecule has 2 aliphatic rings. The molecule has 0 bridgehead atoms. The first kappa shape index (κ1) is 19.4. The molecule has 0 N–H and O–H groups in total. The fourth-order valence-electron chi connectivity index (χ4n) is 4.14. The summed E-state index contributed by atoms with van der Waals surface area (Å²) in [7, 11) is -3.25. The second kappa shape index (κ2) is 6.97. The van der Waals surface area contributed by atoms with E-state index in [9.17, 15) is 13.2 Å². The number of likely N-dealkylation sites (tertiary alicyclic amines) is 1. The van der Waals surface area contributed by atoms with Gasteiger partial charge >= 0.3 is 0 Å². The number of fused-ring (bicyclic) bond motifs is 1. The maximum Gasteiger partial charge on any atom is 0.232 e. The van der Waals surface area contributed by atoms with Gasteiger partial charge in [-0.1, -0.05) is 20.8 Å². The van der Waals surface area contributed by atoms with E-state index < -0.39 is 10.0 Å². The van der Waals surface area contributed by atoms with Gasteiger partial charge < -0.3 is 0 Å². The quantitative estimate of drug-likeness (QED) is 0.756. The van der Waals surface area contributed by atoms with Crippen molar-refractivity contribution in [1.82, 2.24) is 4.90 Å². The number of hydrogen-bond acceptors (Lipinski definition) is 4. The molecule has 0 radical (unpaired) electrons. The van der Waals surface area contributed by atoms with E-state index in [1.807, 2.05) is 6.07 Å². The predicted octanol–water partition coefficient (Wildman–Crippen LogP) is 2.95. The van der Waals surface area contributed by atoms with Crippen molar-refractivity contribution in [2.75, 3.05) is 36.7 Å². The number of piperidine rings is 1. The van der Waals surface area contributed by atoms with Gasteiger partial charge in [-0.15, -0.1) is 0 Å². The number of rotatable bonds is 4. The highest BCUT2D eigenvalue weighted by atomic mass is 32.2. The first-order valence-electron chi connectivity index (χ1n) is 9.42. The zero-order valence-corrected chi connectivity index (χ0v) is 17.1. The van der Waals surface area contributed by atoms with Crippen LogP contribution in [0.5, 0.6) is 0 Å². The molecule has 5 nitrogen and oxygen atoms in total. The molecule has 0 aliphatic carbocycles. The van der Waals surface area contributed by atoms with Crippen LogP contribution in [0.3, 0.4) is 0 Å². The maximum atomic E-state index is 12.7. The molecule has 1 aromatic carbocycles. The largest absolute Gasteiger partial charge is 0.296 e. The number of nitrogens with zero attached hydrogens (tertiary/aromatic N) is 2. The molecule has 144 valence electrons. The Labute approximate surface area is 157 Å². The molecular weight excluding hydrogens is 348 g/mol. The molecule has 1 fully saturated rings. The van der Waals surface area contributed by atoms with Crippen molar-refractivity contribution in [3.63, 3.8) is 0 Å². The Morgan fingerprint density at radius 3 is 2.38 bits per heavy atom. The van der Waals surface area contributed by atoms with E-state index in [2.05, 4.69) is 25.7 Å². The molecule has 0 unspecified atom stereocenters. The second-order valence-electron chi connectivity index (χ2n) is 8.77. The molecule has 0 atom stereocenters. The summed E-state index contributed by atoms with van der Waals surface area (Å²) in [6.07, 6.45) is 4.18. The van der Waals surface area contributed by atoms with Gasteiger partial charge in [-0.3, -0.25) is 14.0 Å². The predicted molar refractivity (Wildman–Crippen MR) is 105 cm³/mol. The molecule has 2 aliphatic heterocycles. The van der Waals surface area contributed by atoms with Crippen molar-refractivity contribution < 1.29 is 13.2 Å². The summed E-state index contributed by atoms with van der Waals surface area (Å²) in [5.74, 6) is 0.843. The molecule has 3 rings (SSSR count). The van der Waals surface area contributed by atoms with Crippen LogP contribution in [0.2, 0.25) is 0 Å². The van der Waals surface area contributed by atoms with Crippen LogP contribution >= 0.6 is 0 Å². The number of Topliss-reactive ketones (excluding diaryl/α,β-unsaturated/α-hetero) is 1. The van der Waals surface area contributed by atoms with E-state index >= 15 is 0 Å². The Morgan fingerprint density at radius 2 is 1.81 bits per heavy atom. The van der Waals surface area contributed by atoms with Crippen LogP contribution in [0.1, 0.15) is 49.5 Å². The number of anilines is 1. The normalized spacial score (nSPS) is 19.6. The van der Waals surface area contributed by atoms with Crippen molar-refractivity contribution in [3.05, 3.63) is 29.3 Å². The van der Waals surface area contributed by atoms with Gasteiger partial charge in [-0.25, -0.2) is 8.42 Å². The molecule has 0 saturated carbocycles. The fraction of sp³-hybridized carbons (Fsp3) is 0.650. The standard InChI is InChI=1S/C20H30N2O3S/c1-20(2,3)17-8-10-21(11-9-17)14-19(23)16-5-6-18-15(13-16)7-12-22(18)26(4,24)25/h5-6,13,17H,7-12,14H2,1-4H3. The first-order chi connectivity index (χ1) is 12.1. The van der Waals surface area contributed by atoms with Gasteiger partial charge in [0, 0.05) is 12.1 Å². The molecule has 1 saturated heterocycles. The lowest BCUT2D eigenvalue weighted by Crippen LogP contribution is -2.40. The van der Waals surface area contributed by atoms with E-state index in [0.29, 0.717) is 30.5 Å². The van der Waals surface area contributed by atoms with Crippen molar-refractivity contribution in [1.29, 1.82) is 0 Å². The summed E-state index contributed by atoms with van der Waals surface area (Å²) in [6, 6.07) is 5.43. The summed E-state index contributed by atoms with van der Waals surface area (Å²) in [5, 5.41) is 0. The van der Waals surface area contributed by atoms with Gasteiger partial charge in [0.05, 0.1) is 18.5 Å². The first-order valence-corrected chi connectivity index (χ1v) is 11.3. The summed E-state index contributed by atoms with van der Waals surface area (Å²) in [6.45, 7) is 9.74. The van der Waals surface area contributed by atoms with Gasteiger partial charge in [0.1, 0.15) is 0 Å². The van der Waals surface area contributed by atoms with Crippen molar-refractivity contribution in [2.24, 2.45) is 11.3 Å². The Balaban J connectivity index is 1.64. The van der Waals surface area contributed by atoms with Crippen molar-refractivity contribution >= 4 is 21.5 Å². The lowest BCUT2D eigenvalue weighted by molar-refractivity contribution is 0.0822. The van der Waals surface area contributed by atoms with Crippen LogP contribution in [0.25, 0.3) is 0 Å². The highest BCUT2D eigenvalue weighted by Crippen LogP contribution is 2.34. The summed E-state index contributed by atoms with van der Waals surface area (Å²) in [4.78, 5) is 14.9.